The van der Waals surface area contributed by atoms with Gasteiger partial charge in [-0.1, -0.05) is 0 Å². The molecule has 1 heterocycles. The second-order valence-corrected chi connectivity index (χ2v) is 6.46. The van der Waals surface area contributed by atoms with E-state index in [1.807, 2.05) is 6.92 Å². The highest BCUT2D eigenvalue weighted by Crippen LogP contribution is 2.26. The maximum atomic E-state index is 12.2. The number of benzene rings is 1. The minimum absolute atomic E-state index is 0.0904. The number of nitro groups is 1. The number of rotatable bonds is 8. The summed E-state index contributed by atoms with van der Waals surface area (Å²) < 4.78 is 31.9. The first-order chi connectivity index (χ1) is 12.2. The molecule has 0 atom stereocenters. The van der Waals surface area contributed by atoms with Crippen LogP contribution in [0.3, 0.4) is 0 Å². The standard InChI is InChI=1S/C15H15F2IN4O4/c1-9-13(18)7-21(20-9)3-2-15(23)19-10-4-11(22(24)25)6-12(5-10)26-8-14(16)17/h4-7,14H,2-3,8H2,1H3,(H,19,23). The lowest BCUT2D eigenvalue weighted by Crippen LogP contribution is -2.15. The number of hydrogen-bond acceptors (Lipinski definition) is 5. The van der Waals surface area contributed by atoms with Crippen LogP contribution >= 0.6 is 22.6 Å². The molecule has 2 aromatic rings. The van der Waals surface area contributed by atoms with Gasteiger partial charge < -0.3 is 10.1 Å². The SMILES string of the molecule is Cc1nn(CCC(=O)Nc2cc(OCC(F)F)cc([N+](=O)[O-])c2)cc1I. The number of aromatic nitrogens is 2. The van der Waals surface area contributed by atoms with Gasteiger partial charge in [-0.15, -0.1) is 0 Å². The van der Waals surface area contributed by atoms with Crippen LogP contribution < -0.4 is 10.1 Å². The molecule has 1 aromatic heterocycles. The second-order valence-electron chi connectivity index (χ2n) is 5.30. The van der Waals surface area contributed by atoms with Gasteiger partial charge in [0.15, 0.2) is 0 Å². The molecule has 0 unspecified atom stereocenters. The predicted molar refractivity (Wildman–Crippen MR) is 97.5 cm³/mol. The van der Waals surface area contributed by atoms with E-state index in [1.165, 1.54) is 6.07 Å². The Bertz CT molecular complexity index is 793. The number of carbonyl (C=O) groups is 1. The van der Waals surface area contributed by atoms with Gasteiger partial charge in [-0.25, -0.2) is 8.78 Å². The minimum atomic E-state index is -2.72. The molecule has 11 heteroatoms. The number of nitro benzene ring substituents is 1. The molecule has 1 aromatic carbocycles. The molecule has 1 amide bonds. The zero-order valence-electron chi connectivity index (χ0n) is 13.6. The number of nitrogens with zero attached hydrogens (tertiary/aromatic N) is 3. The van der Waals surface area contributed by atoms with Crippen molar-refractivity contribution in [2.75, 3.05) is 11.9 Å². The molecule has 0 bridgehead atoms. The van der Waals surface area contributed by atoms with Gasteiger partial charge >= 0.3 is 0 Å². The number of anilines is 1. The Morgan fingerprint density at radius 3 is 2.77 bits per heavy atom. The molecule has 26 heavy (non-hydrogen) atoms. The molecular weight excluding hydrogens is 465 g/mol. The van der Waals surface area contributed by atoms with Crippen molar-refractivity contribution in [3.05, 3.63) is 43.8 Å². The fourth-order valence-corrected chi connectivity index (χ4v) is 2.48. The van der Waals surface area contributed by atoms with Gasteiger partial charge in [0.1, 0.15) is 12.4 Å². The molecule has 0 aliphatic rings. The first kappa shape index (κ1) is 20.0. The van der Waals surface area contributed by atoms with Crippen molar-refractivity contribution in [1.82, 2.24) is 9.78 Å². The topological polar surface area (TPSA) is 99.3 Å². The summed E-state index contributed by atoms with van der Waals surface area (Å²) in [5.41, 5.74) is 0.578. The minimum Gasteiger partial charge on any atom is -0.487 e. The average molecular weight is 480 g/mol. The normalized spacial score (nSPS) is 10.8. The lowest BCUT2D eigenvalue weighted by Gasteiger charge is -2.09. The molecule has 140 valence electrons. The number of alkyl halides is 2. The van der Waals surface area contributed by atoms with E-state index in [4.69, 9.17) is 4.74 Å². The molecule has 0 saturated carbocycles. The third-order valence-electron chi connectivity index (χ3n) is 3.22. The number of nitrogens with one attached hydrogen (secondary N) is 1. The summed E-state index contributed by atoms with van der Waals surface area (Å²) >= 11 is 2.13. The van der Waals surface area contributed by atoms with E-state index in [9.17, 15) is 23.7 Å². The van der Waals surface area contributed by atoms with Crippen LogP contribution in [0, 0.1) is 20.6 Å². The average Bonchev–Trinajstić information content (AvgIpc) is 2.89. The van der Waals surface area contributed by atoms with E-state index in [2.05, 4.69) is 33.0 Å². The fraction of sp³-hybridized carbons (Fsp3) is 0.333. The zero-order valence-corrected chi connectivity index (χ0v) is 15.8. The molecule has 0 saturated heterocycles. The Hall–Kier alpha value is -2.31. The Labute approximate surface area is 160 Å². The highest BCUT2D eigenvalue weighted by molar-refractivity contribution is 14.1. The van der Waals surface area contributed by atoms with E-state index in [0.29, 0.717) is 6.54 Å². The van der Waals surface area contributed by atoms with E-state index >= 15 is 0 Å². The van der Waals surface area contributed by atoms with Gasteiger partial charge in [0.05, 0.1) is 25.9 Å². The largest absolute Gasteiger partial charge is 0.487 e. The third kappa shape index (κ3) is 5.89. The van der Waals surface area contributed by atoms with Crippen LogP contribution in [0.25, 0.3) is 0 Å². The number of ether oxygens (including phenoxy) is 1. The highest BCUT2D eigenvalue weighted by atomic mass is 127. The molecule has 0 fully saturated rings. The summed E-state index contributed by atoms with van der Waals surface area (Å²) in [6.07, 6.45) is -0.826. The number of carbonyl (C=O) groups excluding carboxylic acids is 1. The van der Waals surface area contributed by atoms with Gasteiger partial charge in [0.2, 0.25) is 5.91 Å². The van der Waals surface area contributed by atoms with E-state index in [0.717, 1.165) is 21.4 Å². The van der Waals surface area contributed by atoms with Crippen LogP contribution in [0.4, 0.5) is 20.2 Å². The van der Waals surface area contributed by atoms with Gasteiger partial charge in [0, 0.05) is 31.3 Å². The number of aryl methyl sites for hydroxylation is 2. The van der Waals surface area contributed by atoms with Crippen LogP contribution in [0.2, 0.25) is 0 Å². The molecular formula is C15H15F2IN4O4. The summed E-state index contributed by atoms with van der Waals surface area (Å²) in [7, 11) is 0. The van der Waals surface area contributed by atoms with Gasteiger partial charge in [0.25, 0.3) is 12.1 Å². The van der Waals surface area contributed by atoms with Crippen molar-refractivity contribution in [2.24, 2.45) is 0 Å². The molecule has 0 spiro atoms. The maximum Gasteiger partial charge on any atom is 0.275 e. The van der Waals surface area contributed by atoms with Crippen LogP contribution in [-0.4, -0.2) is 33.6 Å². The summed E-state index contributed by atoms with van der Waals surface area (Å²) in [5, 5.41) is 17.7. The number of halogens is 3. The van der Waals surface area contributed by atoms with Crippen molar-refractivity contribution in [1.29, 1.82) is 0 Å². The van der Waals surface area contributed by atoms with Crippen molar-refractivity contribution in [2.45, 2.75) is 26.3 Å². The van der Waals surface area contributed by atoms with E-state index < -0.39 is 23.9 Å². The van der Waals surface area contributed by atoms with Crippen molar-refractivity contribution < 1.29 is 23.2 Å². The summed E-state index contributed by atoms with van der Waals surface area (Å²) in [5.74, 6) is -0.513. The van der Waals surface area contributed by atoms with Gasteiger partial charge in [-0.2, -0.15) is 5.10 Å². The first-order valence-corrected chi connectivity index (χ1v) is 8.52. The van der Waals surface area contributed by atoms with Gasteiger partial charge in [-0.3, -0.25) is 19.6 Å². The molecule has 0 aliphatic heterocycles. The number of non-ortho nitro benzene ring substituents is 1. The van der Waals surface area contributed by atoms with E-state index in [1.54, 1.807) is 10.9 Å². The molecule has 0 aliphatic carbocycles. The monoisotopic (exact) mass is 480 g/mol. The smallest absolute Gasteiger partial charge is 0.275 e. The van der Waals surface area contributed by atoms with Crippen molar-refractivity contribution >= 4 is 39.9 Å². The molecule has 8 nitrogen and oxygen atoms in total. The maximum absolute atomic E-state index is 12.2. The lowest BCUT2D eigenvalue weighted by molar-refractivity contribution is -0.384. The Balaban J connectivity index is 2.03. The number of hydrogen-bond donors (Lipinski definition) is 1. The fourth-order valence-electron chi connectivity index (χ4n) is 2.05. The summed E-state index contributed by atoms with van der Waals surface area (Å²) in [6, 6.07) is 3.41. The van der Waals surface area contributed by atoms with Crippen LogP contribution in [0.1, 0.15) is 12.1 Å². The Morgan fingerprint density at radius 1 is 1.46 bits per heavy atom. The Morgan fingerprint density at radius 2 is 2.19 bits per heavy atom. The van der Waals surface area contributed by atoms with Crippen molar-refractivity contribution in [3.63, 3.8) is 0 Å². The quantitative estimate of drug-likeness (QED) is 0.355. The predicted octanol–water partition coefficient (Wildman–Crippen LogP) is 3.38. The highest BCUT2D eigenvalue weighted by Gasteiger charge is 2.14. The Kier molecular flexibility index (Phi) is 6.83. The zero-order chi connectivity index (χ0) is 19.3. The van der Waals surface area contributed by atoms with Crippen LogP contribution in [-0.2, 0) is 11.3 Å². The molecule has 2 rings (SSSR count). The van der Waals surface area contributed by atoms with Crippen molar-refractivity contribution in [3.8, 4) is 5.75 Å². The van der Waals surface area contributed by atoms with E-state index in [-0.39, 0.29) is 23.5 Å². The second kappa shape index (κ2) is 8.87. The first-order valence-electron chi connectivity index (χ1n) is 7.44. The molecule has 1 N–H and O–H groups in total. The summed E-state index contributed by atoms with van der Waals surface area (Å²) in [6.45, 7) is 1.29. The van der Waals surface area contributed by atoms with Crippen LogP contribution in [0.15, 0.2) is 24.4 Å². The third-order valence-corrected chi connectivity index (χ3v) is 4.28. The number of amides is 1. The van der Waals surface area contributed by atoms with Gasteiger partial charge in [-0.05, 0) is 29.5 Å². The lowest BCUT2D eigenvalue weighted by atomic mass is 10.2. The summed E-state index contributed by atoms with van der Waals surface area (Å²) in [4.78, 5) is 22.3. The molecule has 0 radical (unpaired) electrons. The van der Waals surface area contributed by atoms with Crippen LogP contribution in [0.5, 0.6) is 5.75 Å².